The molecule has 1 aliphatic carbocycles. The lowest BCUT2D eigenvalue weighted by molar-refractivity contribution is -0.139. The molecule has 1 unspecified atom stereocenters. The Bertz CT molecular complexity index is 1170. The second-order valence-electron chi connectivity index (χ2n) is 9.42. The second-order valence-corrected chi connectivity index (χ2v) is 10.2. The highest BCUT2D eigenvalue weighted by Gasteiger charge is 2.63. The van der Waals surface area contributed by atoms with Gasteiger partial charge >= 0.3 is 0 Å². The number of rotatable bonds is 11. The number of benzene rings is 2. The summed E-state index contributed by atoms with van der Waals surface area (Å²) in [6.45, 7) is 4.50. The molecule has 198 valence electrons. The van der Waals surface area contributed by atoms with Gasteiger partial charge in [0.15, 0.2) is 5.60 Å². The number of ether oxygens (including phenoxy) is 3. The van der Waals surface area contributed by atoms with Crippen LogP contribution in [0.3, 0.4) is 0 Å². The van der Waals surface area contributed by atoms with E-state index in [-0.39, 0.29) is 19.1 Å². The van der Waals surface area contributed by atoms with E-state index in [1.165, 1.54) is 0 Å². The van der Waals surface area contributed by atoms with E-state index in [1.54, 1.807) is 25.1 Å². The van der Waals surface area contributed by atoms with Crippen molar-refractivity contribution in [1.82, 2.24) is 0 Å². The van der Waals surface area contributed by atoms with Crippen LogP contribution in [0.1, 0.15) is 44.2 Å². The molecule has 7 heteroatoms. The number of aliphatic hydroxyl groups is 2. The smallest absolute Gasteiger partial charge is 0.173 e. The van der Waals surface area contributed by atoms with E-state index in [2.05, 4.69) is 6.08 Å². The molecule has 37 heavy (non-hydrogen) atoms. The fraction of sp³-hybridized carbons (Fsp3) is 0.400. The van der Waals surface area contributed by atoms with E-state index < -0.39 is 11.2 Å². The van der Waals surface area contributed by atoms with E-state index in [0.717, 1.165) is 17.6 Å². The van der Waals surface area contributed by atoms with Crippen LogP contribution in [0, 0.1) is 5.92 Å². The molecule has 0 saturated heterocycles. The number of halogens is 2. The van der Waals surface area contributed by atoms with Crippen LogP contribution in [-0.4, -0.2) is 35.9 Å². The van der Waals surface area contributed by atoms with Gasteiger partial charge in [-0.2, -0.15) is 0 Å². The maximum atomic E-state index is 12.6. The minimum Gasteiger partial charge on any atom is -0.493 e. The quantitative estimate of drug-likeness (QED) is 0.308. The zero-order valence-corrected chi connectivity index (χ0v) is 22.8. The Morgan fingerprint density at radius 2 is 1.86 bits per heavy atom. The average Bonchev–Trinajstić information content (AvgIpc) is 3.04. The van der Waals surface area contributed by atoms with Gasteiger partial charge in [-0.25, -0.2) is 0 Å². The van der Waals surface area contributed by atoms with E-state index in [9.17, 15) is 10.2 Å². The zero-order chi connectivity index (χ0) is 26.5. The van der Waals surface area contributed by atoms with E-state index in [0.29, 0.717) is 53.2 Å². The fourth-order valence-corrected chi connectivity index (χ4v) is 5.63. The van der Waals surface area contributed by atoms with Crippen LogP contribution >= 0.6 is 23.2 Å². The molecular formula is C30H34Cl2O5. The number of alkyl halides is 1. The predicted octanol–water partition coefficient (Wildman–Crippen LogP) is 6.68. The Labute approximate surface area is 229 Å². The van der Waals surface area contributed by atoms with Crippen molar-refractivity contribution >= 4 is 23.2 Å². The normalized spacial score (nSPS) is 23.1. The average molecular weight is 546 g/mol. The Morgan fingerprint density at radius 3 is 2.57 bits per heavy atom. The second kappa shape index (κ2) is 12.0. The van der Waals surface area contributed by atoms with Crippen LogP contribution in [0.25, 0.3) is 0 Å². The Balaban J connectivity index is 1.96. The first-order valence-electron chi connectivity index (χ1n) is 12.7. The fourth-order valence-electron chi connectivity index (χ4n) is 5.43. The molecule has 4 rings (SSSR count). The maximum Gasteiger partial charge on any atom is 0.173 e. The van der Waals surface area contributed by atoms with Gasteiger partial charge < -0.3 is 24.4 Å². The first-order valence-corrected chi connectivity index (χ1v) is 13.6. The van der Waals surface area contributed by atoms with Crippen LogP contribution in [0.2, 0.25) is 5.02 Å². The van der Waals surface area contributed by atoms with Crippen molar-refractivity contribution in [3.05, 3.63) is 88.5 Å². The lowest BCUT2D eigenvalue weighted by Gasteiger charge is -2.46. The standard InChI is InChI=1S/C30H34Cl2O5/c1-3-17-35-24-19-26(36-18-15-31)28-27(20-24)37-30(29(28,2)34,22-10-12-23(32)13-11-22)25(14-16-33)21-8-6-4-5-7-9-21/h4-8,10-13,19-20,25,33-34H,3,9,14-18H2,1-2H3/t25-,29+,30?/m0/s1. The summed E-state index contributed by atoms with van der Waals surface area (Å²) >= 11 is 12.2. The third kappa shape index (κ3) is 5.28. The molecule has 0 saturated carbocycles. The van der Waals surface area contributed by atoms with Crippen LogP contribution in [0.5, 0.6) is 17.2 Å². The molecule has 2 aromatic rings. The molecular weight excluding hydrogens is 511 g/mol. The number of aliphatic hydroxyl groups excluding tert-OH is 1. The van der Waals surface area contributed by atoms with Gasteiger partial charge in [0.05, 0.1) is 18.1 Å². The lowest BCUT2D eigenvalue weighted by atomic mass is 9.65. The van der Waals surface area contributed by atoms with Crippen LogP contribution in [0.15, 0.2) is 72.4 Å². The Kier molecular flexibility index (Phi) is 8.91. The van der Waals surface area contributed by atoms with Gasteiger partial charge in [0.1, 0.15) is 29.5 Å². The van der Waals surface area contributed by atoms with E-state index in [4.69, 9.17) is 37.4 Å². The molecule has 2 N–H and O–H groups in total. The summed E-state index contributed by atoms with van der Waals surface area (Å²) in [6.07, 6.45) is 11.9. The number of fused-ring (bicyclic) bond motifs is 1. The highest BCUT2D eigenvalue weighted by atomic mass is 35.5. The highest BCUT2D eigenvalue weighted by Crippen LogP contribution is 2.62. The molecule has 1 aliphatic heterocycles. The first kappa shape index (κ1) is 27.6. The SMILES string of the molecule is CCCOc1cc(OCCCl)c2c(c1)OC(c1ccc(Cl)cc1)([C@@H](CCO)C1=CC=CC=CC1)[C@]2(C)O. The zero-order valence-electron chi connectivity index (χ0n) is 21.3. The topological polar surface area (TPSA) is 68.2 Å². The van der Waals surface area contributed by atoms with Crippen molar-refractivity contribution in [2.24, 2.45) is 5.92 Å². The summed E-state index contributed by atoms with van der Waals surface area (Å²) < 4.78 is 18.9. The summed E-state index contributed by atoms with van der Waals surface area (Å²) in [7, 11) is 0. The molecule has 0 spiro atoms. The molecule has 0 bridgehead atoms. The van der Waals surface area contributed by atoms with Gasteiger partial charge in [-0.05, 0) is 43.9 Å². The van der Waals surface area contributed by atoms with Crippen molar-refractivity contribution in [2.75, 3.05) is 25.7 Å². The largest absolute Gasteiger partial charge is 0.493 e. The molecule has 0 radical (unpaired) electrons. The molecule has 0 amide bonds. The van der Waals surface area contributed by atoms with Crippen molar-refractivity contribution in [3.8, 4) is 17.2 Å². The van der Waals surface area contributed by atoms with Crippen molar-refractivity contribution in [2.45, 2.75) is 44.3 Å². The van der Waals surface area contributed by atoms with Gasteiger partial charge in [0.25, 0.3) is 0 Å². The molecule has 2 aliphatic rings. The molecule has 0 aromatic heterocycles. The first-order chi connectivity index (χ1) is 17.9. The predicted molar refractivity (Wildman–Crippen MR) is 148 cm³/mol. The molecule has 3 atom stereocenters. The minimum atomic E-state index is -1.55. The summed E-state index contributed by atoms with van der Waals surface area (Å²) in [5.41, 5.74) is -0.536. The van der Waals surface area contributed by atoms with Crippen molar-refractivity contribution in [3.63, 3.8) is 0 Å². The van der Waals surface area contributed by atoms with Gasteiger partial charge in [0.2, 0.25) is 0 Å². The van der Waals surface area contributed by atoms with Crippen LogP contribution in [0.4, 0.5) is 0 Å². The Morgan fingerprint density at radius 1 is 1.08 bits per heavy atom. The van der Waals surface area contributed by atoms with Crippen LogP contribution < -0.4 is 14.2 Å². The molecule has 0 fully saturated rings. The van der Waals surface area contributed by atoms with Crippen LogP contribution in [-0.2, 0) is 11.2 Å². The van der Waals surface area contributed by atoms with Crippen molar-refractivity contribution in [1.29, 1.82) is 0 Å². The number of allylic oxidation sites excluding steroid dienone is 5. The minimum absolute atomic E-state index is 0.0823. The highest BCUT2D eigenvalue weighted by molar-refractivity contribution is 6.30. The summed E-state index contributed by atoms with van der Waals surface area (Å²) in [6, 6.07) is 10.9. The summed E-state index contributed by atoms with van der Waals surface area (Å²) in [4.78, 5) is 0. The maximum absolute atomic E-state index is 12.6. The van der Waals surface area contributed by atoms with Gasteiger partial charge in [-0.1, -0.05) is 66.6 Å². The molecule has 5 nitrogen and oxygen atoms in total. The Hall–Kier alpha value is -2.44. The lowest BCUT2D eigenvalue weighted by Crippen LogP contribution is -2.53. The summed E-state index contributed by atoms with van der Waals surface area (Å²) in [5, 5.41) is 23.4. The van der Waals surface area contributed by atoms with Gasteiger partial charge in [-0.15, -0.1) is 11.6 Å². The van der Waals surface area contributed by atoms with Gasteiger partial charge in [0, 0.05) is 29.7 Å². The third-order valence-electron chi connectivity index (χ3n) is 6.98. The molecule has 2 aromatic carbocycles. The van der Waals surface area contributed by atoms with E-state index >= 15 is 0 Å². The van der Waals surface area contributed by atoms with E-state index in [1.807, 2.05) is 49.4 Å². The number of hydrogen-bond donors (Lipinski definition) is 2. The van der Waals surface area contributed by atoms with Gasteiger partial charge in [-0.3, -0.25) is 0 Å². The summed E-state index contributed by atoms with van der Waals surface area (Å²) in [5.74, 6) is 1.43. The molecule has 1 heterocycles. The number of hydrogen-bond acceptors (Lipinski definition) is 5. The van der Waals surface area contributed by atoms with Crippen molar-refractivity contribution < 1.29 is 24.4 Å². The third-order valence-corrected chi connectivity index (χ3v) is 7.39. The monoisotopic (exact) mass is 544 g/mol.